The fourth-order valence-corrected chi connectivity index (χ4v) is 5.03. The number of rotatable bonds is 7. The van der Waals surface area contributed by atoms with Gasteiger partial charge in [-0.25, -0.2) is 4.79 Å². The molecule has 3 amide bonds. The highest BCUT2D eigenvalue weighted by molar-refractivity contribution is 6.09. The number of nitrogens with zero attached hydrogens (tertiary/aromatic N) is 1. The van der Waals surface area contributed by atoms with Crippen molar-refractivity contribution in [1.82, 2.24) is 4.90 Å². The van der Waals surface area contributed by atoms with Gasteiger partial charge >= 0.3 is 5.97 Å². The number of benzene rings is 1. The zero-order chi connectivity index (χ0) is 22.3. The van der Waals surface area contributed by atoms with Gasteiger partial charge in [0, 0.05) is 0 Å². The lowest BCUT2D eigenvalue weighted by molar-refractivity contribution is -0.162. The smallest absolute Gasteiger partial charge is 0.330 e. The summed E-state index contributed by atoms with van der Waals surface area (Å²) in [6.45, 7) is 2.97. The zero-order valence-electron chi connectivity index (χ0n) is 17.7. The number of ether oxygens (including phenoxy) is 2. The normalized spacial score (nSPS) is 26.9. The van der Waals surface area contributed by atoms with Crippen molar-refractivity contribution < 1.29 is 28.7 Å². The summed E-state index contributed by atoms with van der Waals surface area (Å²) in [5.74, 6) is -2.42. The van der Waals surface area contributed by atoms with Gasteiger partial charge in [-0.05, 0) is 36.3 Å². The first-order valence-corrected chi connectivity index (χ1v) is 10.5. The van der Waals surface area contributed by atoms with Gasteiger partial charge in [-0.3, -0.25) is 19.3 Å². The molecule has 4 rings (SSSR count). The van der Waals surface area contributed by atoms with E-state index in [1.807, 2.05) is 12.2 Å². The quantitative estimate of drug-likeness (QED) is 0.407. The molecule has 1 saturated carbocycles. The van der Waals surface area contributed by atoms with E-state index in [2.05, 4.69) is 5.32 Å². The molecule has 0 radical (unpaired) electrons. The minimum absolute atomic E-state index is 0.0620. The molecule has 2 aliphatic carbocycles. The first-order chi connectivity index (χ1) is 14.8. The zero-order valence-corrected chi connectivity index (χ0v) is 17.7. The summed E-state index contributed by atoms with van der Waals surface area (Å²) in [5.41, 5.74) is 0.451. The minimum atomic E-state index is -1.05. The summed E-state index contributed by atoms with van der Waals surface area (Å²) in [7, 11) is 1.49. The second-order valence-electron chi connectivity index (χ2n) is 8.59. The van der Waals surface area contributed by atoms with Crippen molar-refractivity contribution in [2.24, 2.45) is 29.6 Å². The Bertz CT molecular complexity index is 925. The molecule has 2 fully saturated rings. The first-order valence-electron chi connectivity index (χ1n) is 10.5. The van der Waals surface area contributed by atoms with Crippen LogP contribution >= 0.6 is 0 Å². The van der Waals surface area contributed by atoms with E-state index >= 15 is 0 Å². The van der Waals surface area contributed by atoms with Gasteiger partial charge in [0.15, 0.2) is 6.61 Å². The number of likely N-dealkylation sites (tertiary alicyclic amines) is 1. The average molecular weight is 426 g/mol. The third-order valence-electron chi connectivity index (χ3n) is 6.38. The predicted molar refractivity (Wildman–Crippen MR) is 111 cm³/mol. The van der Waals surface area contributed by atoms with Crippen molar-refractivity contribution in [3.05, 3.63) is 36.4 Å². The van der Waals surface area contributed by atoms with Crippen LogP contribution < -0.4 is 10.1 Å². The number of hydrogen-bond donors (Lipinski definition) is 1. The van der Waals surface area contributed by atoms with E-state index in [0.717, 1.165) is 11.3 Å². The summed E-state index contributed by atoms with van der Waals surface area (Å²) in [4.78, 5) is 52.3. The summed E-state index contributed by atoms with van der Waals surface area (Å²) in [6, 6.07) is 5.81. The Kier molecular flexibility index (Phi) is 5.56. The molecule has 2 bridgehead atoms. The van der Waals surface area contributed by atoms with Gasteiger partial charge in [0.05, 0.1) is 24.6 Å². The van der Waals surface area contributed by atoms with Crippen molar-refractivity contribution in [1.29, 1.82) is 0 Å². The lowest BCUT2D eigenvalue weighted by atomic mass is 9.85. The Balaban J connectivity index is 1.42. The third kappa shape index (κ3) is 3.60. The number of para-hydroxylation sites is 2. The Morgan fingerprint density at radius 3 is 2.29 bits per heavy atom. The van der Waals surface area contributed by atoms with Crippen LogP contribution in [0.1, 0.15) is 20.3 Å². The number of hydrogen-bond acceptors (Lipinski definition) is 6. The number of imide groups is 1. The highest BCUT2D eigenvalue weighted by Crippen LogP contribution is 2.53. The second kappa shape index (κ2) is 8.17. The van der Waals surface area contributed by atoms with Gasteiger partial charge in [-0.1, -0.05) is 38.1 Å². The fraction of sp³-hybridized carbons (Fsp3) is 0.478. The SMILES string of the molecule is COc1ccccc1NC(=O)COC(=O)[C@H](C(C)C)N1C(=O)[C@@H]2[C@@H](C1=O)[C@H]1C=C[C@H]2C1. The molecule has 31 heavy (non-hydrogen) atoms. The van der Waals surface area contributed by atoms with E-state index in [9.17, 15) is 19.2 Å². The van der Waals surface area contributed by atoms with Crippen LogP contribution in [-0.2, 0) is 23.9 Å². The maximum Gasteiger partial charge on any atom is 0.330 e. The Hall–Kier alpha value is -3.16. The molecular weight excluding hydrogens is 400 g/mol. The van der Waals surface area contributed by atoms with Crippen LogP contribution in [0.15, 0.2) is 36.4 Å². The molecule has 0 unspecified atom stereocenters. The largest absolute Gasteiger partial charge is 0.495 e. The summed E-state index contributed by atoms with van der Waals surface area (Å²) in [6.07, 6.45) is 4.83. The number of esters is 1. The van der Waals surface area contributed by atoms with Crippen LogP contribution in [0.2, 0.25) is 0 Å². The van der Waals surface area contributed by atoms with Crippen molar-refractivity contribution in [2.75, 3.05) is 19.0 Å². The van der Waals surface area contributed by atoms with Crippen molar-refractivity contribution >= 4 is 29.4 Å². The van der Waals surface area contributed by atoms with Crippen molar-refractivity contribution in [3.63, 3.8) is 0 Å². The van der Waals surface area contributed by atoms with E-state index < -0.39 is 24.5 Å². The monoisotopic (exact) mass is 426 g/mol. The molecule has 1 aromatic rings. The molecule has 1 aliphatic heterocycles. The molecule has 5 atom stereocenters. The summed E-state index contributed by atoms with van der Waals surface area (Å²) >= 11 is 0. The Morgan fingerprint density at radius 1 is 1.10 bits per heavy atom. The molecule has 1 heterocycles. The lowest BCUT2D eigenvalue weighted by Crippen LogP contribution is -2.50. The van der Waals surface area contributed by atoms with Crippen LogP contribution in [-0.4, -0.2) is 48.3 Å². The fourth-order valence-electron chi connectivity index (χ4n) is 5.03. The number of nitrogens with one attached hydrogen (secondary N) is 1. The maximum atomic E-state index is 13.1. The number of carbonyl (C=O) groups excluding carboxylic acids is 4. The van der Waals surface area contributed by atoms with E-state index in [-0.39, 0.29) is 41.4 Å². The molecule has 1 N–H and O–H groups in total. The maximum absolute atomic E-state index is 13.1. The number of methoxy groups -OCH3 is 1. The number of allylic oxidation sites excluding steroid dienone is 2. The van der Waals surface area contributed by atoms with E-state index in [1.165, 1.54) is 7.11 Å². The van der Waals surface area contributed by atoms with Crippen LogP contribution in [0.4, 0.5) is 5.69 Å². The molecule has 1 aromatic carbocycles. The molecule has 164 valence electrons. The van der Waals surface area contributed by atoms with Gasteiger partial charge in [-0.15, -0.1) is 0 Å². The van der Waals surface area contributed by atoms with Gasteiger partial charge in [0.2, 0.25) is 11.8 Å². The highest BCUT2D eigenvalue weighted by atomic mass is 16.5. The predicted octanol–water partition coefficient (Wildman–Crippen LogP) is 2.01. The number of carbonyl (C=O) groups is 4. The third-order valence-corrected chi connectivity index (χ3v) is 6.38. The topological polar surface area (TPSA) is 102 Å². The van der Waals surface area contributed by atoms with Crippen molar-refractivity contribution in [3.8, 4) is 5.75 Å². The lowest BCUT2D eigenvalue weighted by Gasteiger charge is -2.28. The molecule has 0 aromatic heterocycles. The standard InChI is InChI=1S/C23H26N2O6/c1-12(2)20(25-21(27)18-13-8-9-14(10-13)19(18)22(25)28)23(29)31-11-17(26)24-15-6-4-5-7-16(15)30-3/h4-9,12-14,18-20H,10-11H2,1-3H3,(H,24,26)/t13-,14-,18-,19-,20-/m0/s1. The summed E-state index contributed by atoms with van der Waals surface area (Å²) in [5, 5.41) is 2.63. The number of amides is 3. The molecule has 1 saturated heterocycles. The van der Waals surface area contributed by atoms with E-state index in [4.69, 9.17) is 9.47 Å². The summed E-state index contributed by atoms with van der Waals surface area (Å²) < 4.78 is 10.4. The van der Waals surface area contributed by atoms with Crippen LogP contribution in [0.25, 0.3) is 0 Å². The molecule has 3 aliphatic rings. The van der Waals surface area contributed by atoms with Gasteiger partial charge in [0.25, 0.3) is 5.91 Å². The average Bonchev–Trinajstić information content (AvgIpc) is 3.42. The van der Waals surface area contributed by atoms with Crippen LogP contribution in [0.5, 0.6) is 5.75 Å². The van der Waals surface area contributed by atoms with Gasteiger partial charge in [0.1, 0.15) is 11.8 Å². The number of fused-ring (bicyclic) bond motifs is 5. The van der Waals surface area contributed by atoms with E-state index in [0.29, 0.717) is 11.4 Å². The minimum Gasteiger partial charge on any atom is -0.495 e. The molecule has 0 spiro atoms. The van der Waals surface area contributed by atoms with E-state index in [1.54, 1.807) is 38.1 Å². The number of anilines is 1. The first kappa shape index (κ1) is 21.1. The molecule has 8 nitrogen and oxygen atoms in total. The Labute approximate surface area is 180 Å². The van der Waals surface area contributed by atoms with Crippen LogP contribution in [0, 0.1) is 29.6 Å². The second-order valence-corrected chi connectivity index (χ2v) is 8.59. The molecular formula is C23H26N2O6. The van der Waals surface area contributed by atoms with Gasteiger partial charge < -0.3 is 14.8 Å². The van der Waals surface area contributed by atoms with Crippen LogP contribution in [0.3, 0.4) is 0 Å². The highest BCUT2D eigenvalue weighted by Gasteiger charge is 2.61. The van der Waals surface area contributed by atoms with Crippen molar-refractivity contribution in [2.45, 2.75) is 26.3 Å². The van der Waals surface area contributed by atoms with Gasteiger partial charge in [-0.2, -0.15) is 0 Å². The Morgan fingerprint density at radius 2 is 1.71 bits per heavy atom. The molecule has 8 heteroatoms.